The van der Waals surface area contributed by atoms with Crippen LogP contribution >= 0.6 is 0 Å². The van der Waals surface area contributed by atoms with E-state index in [-0.39, 0.29) is 11.9 Å². The Hall–Kier alpha value is -1.48. The second-order valence-corrected chi connectivity index (χ2v) is 5.09. The first-order valence-electron chi connectivity index (χ1n) is 6.87. The maximum absolute atomic E-state index is 12.3. The van der Waals surface area contributed by atoms with Gasteiger partial charge in [0.25, 0.3) is 0 Å². The molecule has 0 aliphatic heterocycles. The molecule has 1 aliphatic carbocycles. The quantitative estimate of drug-likeness (QED) is 0.612. The normalized spacial score (nSPS) is 19.9. The van der Waals surface area contributed by atoms with E-state index in [1.165, 1.54) is 0 Å². The Bertz CT molecular complexity index is 354. The van der Waals surface area contributed by atoms with E-state index < -0.39 is 5.41 Å². The molecule has 0 heterocycles. The molecule has 0 radical (unpaired) electrons. The Morgan fingerprint density at radius 2 is 2.00 bits per heavy atom. The highest BCUT2D eigenvalue weighted by Gasteiger charge is 2.39. The number of nitriles is 1. The number of amides is 1. The lowest BCUT2D eigenvalue weighted by atomic mass is 9.80. The van der Waals surface area contributed by atoms with Gasteiger partial charge in [-0.1, -0.05) is 44.9 Å². The smallest absolute Gasteiger partial charge is 0.241 e. The van der Waals surface area contributed by atoms with Crippen molar-refractivity contribution in [1.29, 1.82) is 5.26 Å². The highest BCUT2D eigenvalue weighted by atomic mass is 16.2. The summed E-state index contributed by atoms with van der Waals surface area (Å²) in [6.07, 6.45) is 12.6. The second-order valence-electron chi connectivity index (χ2n) is 5.09. The van der Waals surface area contributed by atoms with Crippen molar-refractivity contribution in [1.82, 2.24) is 5.32 Å². The Kier molecular flexibility index (Phi) is 5.72. The van der Waals surface area contributed by atoms with Crippen LogP contribution in [0, 0.1) is 29.1 Å². The molecule has 0 aromatic carbocycles. The molecule has 1 atom stereocenters. The van der Waals surface area contributed by atoms with Gasteiger partial charge in [-0.3, -0.25) is 4.79 Å². The molecule has 0 spiro atoms. The molecular weight excluding hydrogens is 224 g/mol. The molecule has 98 valence electrons. The monoisotopic (exact) mass is 246 g/mol. The zero-order valence-electron chi connectivity index (χ0n) is 11.2. The predicted octanol–water partition coefficient (Wildman–Crippen LogP) is 2.77. The van der Waals surface area contributed by atoms with Crippen molar-refractivity contribution in [3.8, 4) is 18.4 Å². The first-order valence-corrected chi connectivity index (χ1v) is 6.87. The summed E-state index contributed by atoms with van der Waals surface area (Å²) in [6.45, 7) is 2.03. The molecule has 1 amide bonds. The number of hydrogen-bond donors (Lipinski definition) is 1. The summed E-state index contributed by atoms with van der Waals surface area (Å²) in [5, 5.41) is 12.2. The minimum atomic E-state index is -0.848. The van der Waals surface area contributed by atoms with E-state index in [9.17, 15) is 10.1 Å². The fourth-order valence-corrected chi connectivity index (χ4v) is 2.50. The van der Waals surface area contributed by atoms with Crippen molar-refractivity contribution in [3.05, 3.63) is 0 Å². The van der Waals surface area contributed by atoms with Gasteiger partial charge in [0, 0.05) is 0 Å². The highest BCUT2D eigenvalue weighted by molar-refractivity contribution is 5.86. The van der Waals surface area contributed by atoms with Gasteiger partial charge >= 0.3 is 0 Å². The lowest BCUT2D eigenvalue weighted by Gasteiger charge is -2.25. The summed E-state index contributed by atoms with van der Waals surface area (Å²) in [6, 6.07) is 2.01. The van der Waals surface area contributed by atoms with E-state index >= 15 is 0 Å². The van der Waals surface area contributed by atoms with Crippen LogP contribution < -0.4 is 5.32 Å². The van der Waals surface area contributed by atoms with E-state index in [1.54, 1.807) is 0 Å². The number of carbonyl (C=O) groups is 1. The van der Waals surface area contributed by atoms with Crippen LogP contribution in [0.25, 0.3) is 0 Å². The van der Waals surface area contributed by atoms with Gasteiger partial charge in [-0.05, 0) is 19.3 Å². The maximum atomic E-state index is 12.3. The van der Waals surface area contributed by atoms with Crippen LogP contribution in [0.15, 0.2) is 0 Å². The minimum absolute atomic E-state index is 0.164. The van der Waals surface area contributed by atoms with Gasteiger partial charge < -0.3 is 5.32 Å². The van der Waals surface area contributed by atoms with Crippen LogP contribution in [0.2, 0.25) is 0 Å². The molecule has 1 aliphatic rings. The standard InChI is InChI=1S/C15H22N2O/c1-3-9-13(4-2)17-14(18)15(12-16)10-7-5-6-8-11-15/h2,13H,3,5-11H2,1H3,(H,17,18). The van der Waals surface area contributed by atoms with Gasteiger partial charge in [0.2, 0.25) is 5.91 Å². The summed E-state index contributed by atoms with van der Waals surface area (Å²) in [5.41, 5.74) is -0.848. The van der Waals surface area contributed by atoms with Crippen molar-refractivity contribution in [2.24, 2.45) is 5.41 Å². The van der Waals surface area contributed by atoms with E-state index in [0.29, 0.717) is 12.8 Å². The largest absolute Gasteiger partial charge is 0.341 e. The average molecular weight is 246 g/mol. The van der Waals surface area contributed by atoms with Crippen LogP contribution in [0.3, 0.4) is 0 Å². The van der Waals surface area contributed by atoms with Gasteiger partial charge in [-0.2, -0.15) is 5.26 Å². The summed E-state index contributed by atoms with van der Waals surface area (Å²) in [7, 11) is 0. The fourth-order valence-electron chi connectivity index (χ4n) is 2.50. The lowest BCUT2D eigenvalue weighted by Crippen LogP contribution is -2.44. The number of hydrogen-bond acceptors (Lipinski definition) is 2. The Labute approximate surface area is 110 Å². The number of carbonyl (C=O) groups excluding carboxylic acids is 1. The number of nitrogens with zero attached hydrogens (tertiary/aromatic N) is 1. The number of terminal acetylenes is 1. The molecule has 0 bridgehead atoms. The zero-order chi connectivity index (χ0) is 13.4. The highest BCUT2D eigenvalue weighted by Crippen LogP contribution is 2.34. The van der Waals surface area contributed by atoms with Crippen molar-refractivity contribution >= 4 is 5.91 Å². The van der Waals surface area contributed by atoms with Crippen molar-refractivity contribution in [3.63, 3.8) is 0 Å². The van der Waals surface area contributed by atoms with Gasteiger partial charge in [-0.25, -0.2) is 0 Å². The molecule has 0 aromatic heterocycles. The molecule has 0 saturated heterocycles. The van der Waals surface area contributed by atoms with Crippen LogP contribution in [0.1, 0.15) is 58.3 Å². The molecule has 3 nitrogen and oxygen atoms in total. The maximum Gasteiger partial charge on any atom is 0.241 e. The first-order chi connectivity index (χ1) is 8.68. The van der Waals surface area contributed by atoms with Crippen LogP contribution in [-0.4, -0.2) is 11.9 Å². The summed E-state index contributed by atoms with van der Waals surface area (Å²) < 4.78 is 0. The summed E-state index contributed by atoms with van der Waals surface area (Å²) in [5.74, 6) is 2.42. The molecular formula is C15H22N2O. The molecule has 3 heteroatoms. The second kappa shape index (κ2) is 7.07. The minimum Gasteiger partial charge on any atom is -0.341 e. The van der Waals surface area contributed by atoms with Crippen molar-refractivity contribution in [2.45, 2.75) is 64.3 Å². The number of nitrogens with one attached hydrogen (secondary N) is 1. The van der Waals surface area contributed by atoms with Crippen LogP contribution in [-0.2, 0) is 4.79 Å². The fraction of sp³-hybridized carbons (Fsp3) is 0.733. The third-order valence-corrected chi connectivity index (χ3v) is 3.69. The van der Waals surface area contributed by atoms with Crippen molar-refractivity contribution in [2.75, 3.05) is 0 Å². The van der Waals surface area contributed by atoms with E-state index in [4.69, 9.17) is 6.42 Å². The van der Waals surface area contributed by atoms with Gasteiger partial charge in [-0.15, -0.1) is 6.42 Å². The summed E-state index contributed by atoms with van der Waals surface area (Å²) >= 11 is 0. The van der Waals surface area contributed by atoms with E-state index in [0.717, 1.165) is 38.5 Å². The third kappa shape index (κ3) is 3.50. The zero-order valence-corrected chi connectivity index (χ0v) is 11.2. The van der Waals surface area contributed by atoms with E-state index in [2.05, 4.69) is 17.3 Å². The molecule has 0 aromatic rings. The van der Waals surface area contributed by atoms with Gasteiger partial charge in [0.05, 0.1) is 12.1 Å². The van der Waals surface area contributed by atoms with Crippen LogP contribution in [0.5, 0.6) is 0 Å². The summed E-state index contributed by atoms with van der Waals surface area (Å²) in [4.78, 5) is 12.3. The lowest BCUT2D eigenvalue weighted by molar-refractivity contribution is -0.129. The Morgan fingerprint density at radius 3 is 2.44 bits per heavy atom. The SMILES string of the molecule is C#CC(CCC)NC(=O)C1(C#N)CCCCCC1. The molecule has 1 unspecified atom stereocenters. The van der Waals surface area contributed by atoms with Crippen LogP contribution in [0.4, 0.5) is 0 Å². The topological polar surface area (TPSA) is 52.9 Å². The first kappa shape index (κ1) is 14.6. The van der Waals surface area contributed by atoms with Gasteiger partial charge in [0.1, 0.15) is 5.41 Å². The third-order valence-electron chi connectivity index (χ3n) is 3.69. The predicted molar refractivity (Wildman–Crippen MR) is 71.4 cm³/mol. The Morgan fingerprint density at radius 1 is 1.39 bits per heavy atom. The van der Waals surface area contributed by atoms with Gasteiger partial charge in [0.15, 0.2) is 0 Å². The average Bonchev–Trinajstić information content (AvgIpc) is 2.64. The molecule has 1 rings (SSSR count). The Balaban J connectivity index is 2.72. The molecule has 1 fully saturated rings. The van der Waals surface area contributed by atoms with Crippen molar-refractivity contribution < 1.29 is 4.79 Å². The molecule has 18 heavy (non-hydrogen) atoms. The number of rotatable bonds is 4. The van der Waals surface area contributed by atoms with E-state index in [1.807, 2.05) is 6.92 Å². The molecule has 1 saturated carbocycles. The molecule has 1 N–H and O–H groups in total.